The van der Waals surface area contributed by atoms with Crippen LogP contribution in [0, 0.1) is 0 Å². The molecule has 88 valence electrons. The average molecular weight is 294 g/mol. The van der Waals surface area contributed by atoms with Gasteiger partial charge in [0.1, 0.15) is 6.10 Å². The Kier molecular flexibility index (Phi) is 2.72. The van der Waals surface area contributed by atoms with Crippen LogP contribution in [-0.4, -0.2) is 19.9 Å². The minimum Gasteiger partial charge on any atom is -0.385 e. The molecule has 3 rings (SSSR count). The standard InChI is InChI=1S/C12H12BrN3O/c13-9-5-2-1-4-8(9)11-14-12-10(17)6-3-7-16(12)15-11/h1-2,4-5,10,17H,3,6-7H2. The third kappa shape index (κ3) is 1.89. The van der Waals surface area contributed by atoms with Gasteiger partial charge < -0.3 is 5.11 Å². The fraction of sp³-hybridized carbons (Fsp3) is 0.333. The first kappa shape index (κ1) is 10.9. The van der Waals surface area contributed by atoms with Crippen molar-refractivity contribution in [3.8, 4) is 11.4 Å². The van der Waals surface area contributed by atoms with Crippen molar-refractivity contribution in [1.29, 1.82) is 0 Å². The lowest BCUT2D eigenvalue weighted by atomic mass is 10.1. The number of aryl methyl sites for hydroxylation is 1. The van der Waals surface area contributed by atoms with E-state index in [-0.39, 0.29) is 0 Å². The van der Waals surface area contributed by atoms with E-state index < -0.39 is 6.10 Å². The Morgan fingerprint density at radius 3 is 2.94 bits per heavy atom. The molecule has 17 heavy (non-hydrogen) atoms. The first-order chi connectivity index (χ1) is 8.25. The molecule has 1 N–H and O–H groups in total. The van der Waals surface area contributed by atoms with Gasteiger partial charge in [-0.2, -0.15) is 5.10 Å². The maximum absolute atomic E-state index is 9.86. The normalized spacial score (nSPS) is 19.1. The summed E-state index contributed by atoms with van der Waals surface area (Å²) in [6.45, 7) is 0.837. The van der Waals surface area contributed by atoms with Gasteiger partial charge in [-0.1, -0.05) is 28.1 Å². The van der Waals surface area contributed by atoms with Crippen molar-refractivity contribution in [3.05, 3.63) is 34.6 Å². The lowest BCUT2D eigenvalue weighted by Crippen LogP contribution is -2.16. The van der Waals surface area contributed by atoms with Crippen molar-refractivity contribution in [3.63, 3.8) is 0 Å². The molecule has 0 saturated carbocycles. The first-order valence-electron chi connectivity index (χ1n) is 5.63. The number of fused-ring (bicyclic) bond motifs is 1. The number of nitrogens with zero attached hydrogens (tertiary/aromatic N) is 3. The largest absolute Gasteiger partial charge is 0.385 e. The lowest BCUT2D eigenvalue weighted by molar-refractivity contribution is 0.130. The average Bonchev–Trinajstić information content (AvgIpc) is 2.75. The molecule has 1 atom stereocenters. The van der Waals surface area contributed by atoms with Gasteiger partial charge in [-0.15, -0.1) is 0 Å². The van der Waals surface area contributed by atoms with Gasteiger partial charge in [-0.3, -0.25) is 0 Å². The number of hydrogen-bond donors (Lipinski definition) is 1. The second-order valence-electron chi connectivity index (χ2n) is 4.15. The summed E-state index contributed by atoms with van der Waals surface area (Å²) < 4.78 is 2.78. The Bertz CT molecular complexity index is 552. The van der Waals surface area contributed by atoms with Crippen LogP contribution in [-0.2, 0) is 6.54 Å². The van der Waals surface area contributed by atoms with Crippen molar-refractivity contribution < 1.29 is 5.11 Å². The van der Waals surface area contributed by atoms with Crippen LogP contribution < -0.4 is 0 Å². The SMILES string of the molecule is OC1CCCn2nc(-c3ccccc3Br)nc21. The molecule has 0 radical (unpaired) electrons. The quantitative estimate of drug-likeness (QED) is 0.879. The van der Waals surface area contributed by atoms with Crippen LogP contribution in [0.4, 0.5) is 0 Å². The summed E-state index contributed by atoms with van der Waals surface area (Å²) >= 11 is 3.49. The third-order valence-corrected chi connectivity index (χ3v) is 3.65. The summed E-state index contributed by atoms with van der Waals surface area (Å²) in [6.07, 6.45) is 1.24. The van der Waals surface area contributed by atoms with E-state index in [1.54, 1.807) is 0 Å². The number of halogens is 1. The molecule has 0 spiro atoms. The fourth-order valence-corrected chi connectivity index (χ4v) is 2.55. The van der Waals surface area contributed by atoms with Gasteiger partial charge in [-0.05, 0) is 25.0 Å². The first-order valence-corrected chi connectivity index (χ1v) is 6.43. The molecule has 1 aromatic carbocycles. The lowest BCUT2D eigenvalue weighted by Gasteiger charge is -2.16. The molecular weight excluding hydrogens is 282 g/mol. The number of benzene rings is 1. The van der Waals surface area contributed by atoms with E-state index in [4.69, 9.17) is 0 Å². The molecule has 2 heterocycles. The van der Waals surface area contributed by atoms with Crippen molar-refractivity contribution in [1.82, 2.24) is 14.8 Å². The van der Waals surface area contributed by atoms with E-state index in [0.29, 0.717) is 11.6 Å². The van der Waals surface area contributed by atoms with Crippen LogP contribution in [0.3, 0.4) is 0 Å². The zero-order valence-corrected chi connectivity index (χ0v) is 10.8. The van der Waals surface area contributed by atoms with E-state index in [1.165, 1.54) is 0 Å². The number of hydrogen-bond acceptors (Lipinski definition) is 3. The van der Waals surface area contributed by atoms with Gasteiger partial charge in [0.05, 0.1) is 0 Å². The Morgan fingerprint density at radius 1 is 1.35 bits per heavy atom. The molecule has 1 unspecified atom stereocenters. The summed E-state index contributed by atoms with van der Waals surface area (Å²) in [7, 11) is 0. The predicted molar refractivity (Wildman–Crippen MR) is 67.4 cm³/mol. The number of aliphatic hydroxyl groups is 1. The number of aliphatic hydroxyl groups excluding tert-OH is 1. The maximum Gasteiger partial charge on any atom is 0.182 e. The zero-order chi connectivity index (χ0) is 11.8. The molecule has 0 aliphatic carbocycles. The highest BCUT2D eigenvalue weighted by molar-refractivity contribution is 9.10. The Morgan fingerprint density at radius 2 is 2.18 bits per heavy atom. The van der Waals surface area contributed by atoms with Crippen LogP contribution in [0.25, 0.3) is 11.4 Å². The molecule has 1 aliphatic heterocycles. The van der Waals surface area contributed by atoms with Gasteiger partial charge in [-0.25, -0.2) is 9.67 Å². The van der Waals surface area contributed by atoms with Gasteiger partial charge in [0.15, 0.2) is 11.6 Å². The van der Waals surface area contributed by atoms with Crippen LogP contribution in [0.15, 0.2) is 28.7 Å². The molecular formula is C12H12BrN3O. The van der Waals surface area contributed by atoms with Gasteiger partial charge in [0, 0.05) is 16.6 Å². The number of rotatable bonds is 1. The second kappa shape index (κ2) is 4.23. The second-order valence-corrected chi connectivity index (χ2v) is 5.01. The zero-order valence-electron chi connectivity index (χ0n) is 9.17. The highest BCUT2D eigenvalue weighted by atomic mass is 79.9. The fourth-order valence-electron chi connectivity index (χ4n) is 2.09. The molecule has 0 saturated heterocycles. The van der Waals surface area contributed by atoms with Crippen LogP contribution >= 0.6 is 15.9 Å². The molecule has 4 nitrogen and oxygen atoms in total. The van der Waals surface area contributed by atoms with E-state index in [1.807, 2.05) is 28.9 Å². The minimum absolute atomic E-state index is 0.479. The van der Waals surface area contributed by atoms with Crippen molar-refractivity contribution in [2.45, 2.75) is 25.5 Å². The summed E-state index contributed by atoms with van der Waals surface area (Å²) in [5, 5.41) is 14.3. The third-order valence-electron chi connectivity index (χ3n) is 2.96. The summed E-state index contributed by atoms with van der Waals surface area (Å²) in [5.74, 6) is 1.36. The summed E-state index contributed by atoms with van der Waals surface area (Å²) in [4.78, 5) is 4.43. The predicted octanol–water partition coefficient (Wildman–Crippen LogP) is 2.53. The topological polar surface area (TPSA) is 50.9 Å². The molecule has 2 aromatic rings. The van der Waals surface area contributed by atoms with Crippen molar-refractivity contribution in [2.24, 2.45) is 0 Å². The molecule has 0 fully saturated rings. The molecule has 5 heteroatoms. The Labute approximate surface area is 107 Å². The van der Waals surface area contributed by atoms with Crippen LogP contribution in [0.5, 0.6) is 0 Å². The van der Waals surface area contributed by atoms with Crippen molar-refractivity contribution in [2.75, 3.05) is 0 Å². The maximum atomic E-state index is 9.86. The Hall–Kier alpha value is -1.20. The minimum atomic E-state index is -0.479. The van der Waals surface area contributed by atoms with Gasteiger partial charge >= 0.3 is 0 Å². The smallest absolute Gasteiger partial charge is 0.182 e. The molecule has 1 aromatic heterocycles. The summed E-state index contributed by atoms with van der Waals surface area (Å²) in [6, 6.07) is 7.85. The van der Waals surface area contributed by atoms with Gasteiger partial charge in [0.25, 0.3) is 0 Å². The summed E-state index contributed by atoms with van der Waals surface area (Å²) in [5.41, 5.74) is 0.960. The molecule has 0 amide bonds. The monoisotopic (exact) mass is 293 g/mol. The van der Waals surface area contributed by atoms with E-state index >= 15 is 0 Å². The van der Waals surface area contributed by atoms with Crippen molar-refractivity contribution >= 4 is 15.9 Å². The highest BCUT2D eigenvalue weighted by Crippen LogP contribution is 2.29. The Balaban J connectivity index is 2.08. The van der Waals surface area contributed by atoms with Gasteiger partial charge in [0.2, 0.25) is 0 Å². The molecule has 0 bridgehead atoms. The van der Waals surface area contributed by atoms with E-state index in [9.17, 15) is 5.11 Å². The van der Waals surface area contributed by atoms with E-state index in [0.717, 1.165) is 29.4 Å². The molecule has 1 aliphatic rings. The van der Waals surface area contributed by atoms with Crippen LogP contribution in [0.1, 0.15) is 24.8 Å². The number of aromatic nitrogens is 3. The van der Waals surface area contributed by atoms with E-state index in [2.05, 4.69) is 26.0 Å². The highest BCUT2D eigenvalue weighted by Gasteiger charge is 2.22. The van der Waals surface area contributed by atoms with Crippen LogP contribution in [0.2, 0.25) is 0 Å².